The summed E-state index contributed by atoms with van der Waals surface area (Å²) in [4.78, 5) is 26.4. The largest absolute Gasteiger partial charge is 0.481 e. The molecular formula is C37H34ClF2N7O3. The molecule has 6 rings (SSSR count). The fraction of sp³-hybridized carbons (Fsp3) is 0.243. The van der Waals surface area contributed by atoms with Gasteiger partial charge in [-0.3, -0.25) is 9.48 Å². The van der Waals surface area contributed by atoms with Crippen LogP contribution < -0.4 is 15.4 Å². The lowest BCUT2D eigenvalue weighted by Gasteiger charge is -2.22. The monoisotopic (exact) mass is 697 g/mol. The SMILES string of the molecule is CNc1nn(C)c2c(-c3ccc(C#CC(C)(C)O)nc3C(Cc3cc(F)cc(F)c3)NC(=O)Cc3c[nH]c4ccc(OC)nc34)ccc(Cl)c12. The van der Waals surface area contributed by atoms with Gasteiger partial charge in [-0.1, -0.05) is 23.6 Å². The molecule has 1 amide bonds. The quantitative estimate of drug-likeness (QED) is 0.131. The number of aromatic amines is 1. The van der Waals surface area contributed by atoms with Gasteiger partial charge in [-0.15, -0.1) is 0 Å². The van der Waals surface area contributed by atoms with E-state index < -0.39 is 29.2 Å². The molecule has 1 atom stereocenters. The molecule has 2 aromatic carbocycles. The molecule has 256 valence electrons. The van der Waals surface area contributed by atoms with E-state index in [9.17, 15) is 18.7 Å². The highest BCUT2D eigenvalue weighted by molar-refractivity contribution is 6.37. The highest BCUT2D eigenvalue weighted by atomic mass is 35.5. The van der Waals surface area contributed by atoms with Crippen LogP contribution in [-0.4, -0.2) is 55.5 Å². The maximum atomic E-state index is 14.5. The van der Waals surface area contributed by atoms with Gasteiger partial charge in [0.2, 0.25) is 11.8 Å². The molecule has 6 aromatic rings. The van der Waals surface area contributed by atoms with Crippen molar-refractivity contribution in [1.82, 2.24) is 30.0 Å². The molecule has 0 radical (unpaired) electrons. The van der Waals surface area contributed by atoms with Gasteiger partial charge in [-0.25, -0.2) is 18.7 Å². The highest BCUT2D eigenvalue weighted by Crippen LogP contribution is 2.39. The average Bonchev–Trinajstić information content (AvgIpc) is 3.63. The van der Waals surface area contributed by atoms with Crippen molar-refractivity contribution in [2.45, 2.75) is 38.3 Å². The highest BCUT2D eigenvalue weighted by Gasteiger charge is 2.26. The topological polar surface area (TPSA) is 130 Å². The van der Waals surface area contributed by atoms with Crippen molar-refractivity contribution in [2.75, 3.05) is 19.5 Å². The van der Waals surface area contributed by atoms with Crippen LogP contribution in [0.5, 0.6) is 5.88 Å². The molecule has 10 nitrogen and oxygen atoms in total. The molecule has 4 aromatic heterocycles. The minimum Gasteiger partial charge on any atom is -0.481 e. The molecule has 4 N–H and O–H groups in total. The summed E-state index contributed by atoms with van der Waals surface area (Å²) in [5, 5.41) is 22.2. The number of nitrogens with one attached hydrogen (secondary N) is 3. The lowest BCUT2D eigenvalue weighted by atomic mass is 9.93. The number of benzene rings is 2. The van der Waals surface area contributed by atoms with Crippen molar-refractivity contribution in [3.8, 4) is 28.8 Å². The van der Waals surface area contributed by atoms with Crippen LogP contribution in [0.15, 0.2) is 60.8 Å². The van der Waals surface area contributed by atoms with Gasteiger partial charge in [-0.05, 0) is 68.2 Å². The van der Waals surface area contributed by atoms with E-state index in [1.54, 1.807) is 57.0 Å². The van der Waals surface area contributed by atoms with Gasteiger partial charge in [0.25, 0.3) is 0 Å². The van der Waals surface area contributed by atoms with Gasteiger partial charge in [0.15, 0.2) is 5.82 Å². The number of hydrogen-bond acceptors (Lipinski definition) is 7. The number of carbonyl (C=O) groups excluding carboxylic acids is 1. The average molecular weight is 698 g/mol. The number of fused-ring (bicyclic) bond motifs is 2. The summed E-state index contributed by atoms with van der Waals surface area (Å²) < 4.78 is 35.9. The first kappa shape index (κ1) is 34.4. The number of ether oxygens (including phenoxy) is 1. The fourth-order valence-electron chi connectivity index (χ4n) is 5.91. The standard InChI is InChI=1S/C37H34ClF2N7O3/c1-37(2,49)13-12-24-6-7-25(26-8-9-27(38)32-35(26)47(4)46-36(32)41-3)34(43-24)29(16-20-14-22(39)18-23(40)15-20)44-30(48)17-21-19-42-28-10-11-31(50-5)45-33(21)28/h6-11,14-15,18-19,29,42,49H,16-17H2,1-5H3,(H,41,46)(H,44,48). The molecule has 13 heteroatoms. The lowest BCUT2D eigenvalue weighted by molar-refractivity contribution is -0.121. The van der Waals surface area contributed by atoms with E-state index in [1.807, 2.05) is 18.2 Å². The number of rotatable bonds is 9. The van der Waals surface area contributed by atoms with Gasteiger partial charge in [0.05, 0.1) is 52.2 Å². The Morgan fingerprint density at radius 2 is 1.84 bits per heavy atom. The molecule has 0 aliphatic heterocycles. The second-order valence-corrected chi connectivity index (χ2v) is 12.7. The van der Waals surface area contributed by atoms with E-state index in [0.29, 0.717) is 66.8 Å². The number of aromatic nitrogens is 5. The van der Waals surface area contributed by atoms with Crippen molar-refractivity contribution in [2.24, 2.45) is 7.05 Å². The third-order valence-electron chi connectivity index (χ3n) is 8.05. The van der Waals surface area contributed by atoms with E-state index in [4.69, 9.17) is 21.3 Å². The van der Waals surface area contributed by atoms with E-state index in [1.165, 1.54) is 19.2 Å². The minimum absolute atomic E-state index is 0.0212. The summed E-state index contributed by atoms with van der Waals surface area (Å²) in [5.41, 5.74) is 3.61. The summed E-state index contributed by atoms with van der Waals surface area (Å²) in [6.45, 7) is 3.11. The van der Waals surface area contributed by atoms with E-state index in [0.717, 1.165) is 11.6 Å². The molecular weight excluding hydrogens is 664 g/mol. The molecule has 0 bridgehead atoms. The zero-order valence-corrected chi connectivity index (χ0v) is 28.7. The second-order valence-electron chi connectivity index (χ2n) is 12.3. The third kappa shape index (κ3) is 7.24. The molecule has 50 heavy (non-hydrogen) atoms. The minimum atomic E-state index is -1.30. The van der Waals surface area contributed by atoms with Crippen LogP contribution in [0.4, 0.5) is 14.6 Å². The second kappa shape index (κ2) is 13.8. The summed E-state index contributed by atoms with van der Waals surface area (Å²) >= 11 is 6.66. The first-order chi connectivity index (χ1) is 23.8. The normalized spacial score (nSPS) is 12.1. The summed E-state index contributed by atoms with van der Waals surface area (Å²) in [5.74, 6) is 4.76. The van der Waals surface area contributed by atoms with Gasteiger partial charge in [0, 0.05) is 49.1 Å². The Bertz CT molecular complexity index is 2300. The maximum absolute atomic E-state index is 14.5. The van der Waals surface area contributed by atoms with Gasteiger partial charge >= 0.3 is 0 Å². The molecule has 1 unspecified atom stereocenters. The zero-order valence-electron chi connectivity index (χ0n) is 28.0. The molecule has 0 saturated carbocycles. The van der Waals surface area contributed by atoms with E-state index in [-0.39, 0.29) is 12.8 Å². The van der Waals surface area contributed by atoms with Crippen LogP contribution in [0.3, 0.4) is 0 Å². The van der Waals surface area contributed by atoms with Crippen molar-refractivity contribution in [1.29, 1.82) is 0 Å². The number of aryl methyl sites for hydroxylation is 1. The smallest absolute Gasteiger partial charge is 0.225 e. The Labute approximate surface area is 291 Å². The van der Waals surface area contributed by atoms with Gasteiger partial charge in [-0.2, -0.15) is 5.10 Å². The number of nitrogens with zero attached hydrogens (tertiary/aromatic N) is 4. The number of halogens is 3. The van der Waals surface area contributed by atoms with Crippen molar-refractivity contribution < 1.29 is 23.4 Å². The first-order valence-electron chi connectivity index (χ1n) is 15.7. The zero-order chi connectivity index (χ0) is 35.7. The summed E-state index contributed by atoms with van der Waals surface area (Å²) in [6, 6.07) is 13.0. The molecule has 0 saturated heterocycles. The number of hydrogen-bond donors (Lipinski definition) is 4. The fourth-order valence-corrected chi connectivity index (χ4v) is 6.15. The predicted molar refractivity (Wildman–Crippen MR) is 189 cm³/mol. The summed E-state index contributed by atoms with van der Waals surface area (Å²) in [6.07, 6.45) is 1.61. The number of methoxy groups -OCH3 is 1. The van der Waals surface area contributed by atoms with Crippen LogP contribution in [0.25, 0.3) is 33.1 Å². The van der Waals surface area contributed by atoms with Gasteiger partial charge in [0.1, 0.15) is 22.9 Å². The Hall–Kier alpha value is -5.51. The van der Waals surface area contributed by atoms with Crippen LogP contribution in [0, 0.1) is 23.5 Å². The van der Waals surface area contributed by atoms with Gasteiger partial charge < -0.3 is 25.5 Å². The van der Waals surface area contributed by atoms with Crippen LogP contribution in [0.1, 0.15) is 42.4 Å². The number of H-pyrrole nitrogens is 1. The Kier molecular flexibility index (Phi) is 9.47. The first-order valence-corrected chi connectivity index (χ1v) is 16.1. The van der Waals surface area contributed by atoms with Crippen molar-refractivity contribution in [3.05, 3.63) is 100.0 Å². The lowest BCUT2D eigenvalue weighted by Crippen LogP contribution is -2.32. The predicted octanol–water partition coefficient (Wildman–Crippen LogP) is 6.26. The van der Waals surface area contributed by atoms with E-state index >= 15 is 0 Å². The Balaban J connectivity index is 1.51. The number of pyridine rings is 2. The number of amides is 1. The van der Waals surface area contributed by atoms with E-state index in [2.05, 4.69) is 37.5 Å². The molecule has 0 spiro atoms. The van der Waals surface area contributed by atoms with Crippen LogP contribution in [-0.2, 0) is 24.7 Å². The number of carbonyl (C=O) groups is 1. The Morgan fingerprint density at radius 3 is 2.54 bits per heavy atom. The number of aliphatic hydroxyl groups is 1. The summed E-state index contributed by atoms with van der Waals surface area (Å²) in [7, 11) is 5.05. The molecule has 0 aliphatic carbocycles. The Morgan fingerprint density at radius 1 is 1.10 bits per heavy atom. The molecule has 0 aliphatic rings. The molecule has 4 heterocycles. The number of anilines is 1. The van der Waals surface area contributed by atoms with Crippen molar-refractivity contribution >= 4 is 45.3 Å². The molecule has 0 fully saturated rings. The van der Waals surface area contributed by atoms with Crippen LogP contribution in [0.2, 0.25) is 5.02 Å². The van der Waals surface area contributed by atoms with Crippen LogP contribution >= 0.6 is 11.6 Å². The van der Waals surface area contributed by atoms with Crippen molar-refractivity contribution in [3.63, 3.8) is 0 Å². The third-order valence-corrected chi connectivity index (χ3v) is 8.36. The maximum Gasteiger partial charge on any atom is 0.225 e.